The first-order valence-corrected chi connectivity index (χ1v) is 12.9. The minimum absolute atomic E-state index is 0.0194. The number of fused-ring (bicyclic) bond motifs is 1. The van der Waals surface area contributed by atoms with Crippen molar-refractivity contribution in [2.75, 3.05) is 24.6 Å². The highest BCUT2D eigenvalue weighted by molar-refractivity contribution is 7.89. The molecule has 35 heavy (non-hydrogen) atoms. The quantitative estimate of drug-likeness (QED) is 0.324. The fourth-order valence-corrected chi connectivity index (χ4v) is 6.50. The Morgan fingerprint density at radius 3 is 2.54 bits per heavy atom. The molecule has 0 aliphatic carbocycles. The SMILES string of the molecule is CC1Cc2ccccc2N1C(=O)COC(=O)C1CCN(S(=O)(=O)c2cc([N+](=O)[O-])ccc2Cl)CC1. The highest BCUT2D eigenvalue weighted by atomic mass is 35.5. The lowest BCUT2D eigenvalue weighted by atomic mass is 9.98. The number of anilines is 1. The van der Waals surface area contributed by atoms with Crippen molar-refractivity contribution in [3.05, 3.63) is 63.2 Å². The van der Waals surface area contributed by atoms with Gasteiger partial charge in [-0.25, -0.2) is 8.42 Å². The van der Waals surface area contributed by atoms with E-state index in [4.69, 9.17) is 16.3 Å². The Kier molecular flexibility index (Phi) is 7.11. The van der Waals surface area contributed by atoms with Crippen LogP contribution in [-0.2, 0) is 30.8 Å². The first-order chi connectivity index (χ1) is 16.6. The summed E-state index contributed by atoms with van der Waals surface area (Å²) in [5, 5.41) is 10.9. The predicted octanol–water partition coefficient (Wildman–Crippen LogP) is 3.17. The standard InChI is InChI=1S/C23H24ClN3O7S/c1-15-12-17-4-2-3-5-20(17)26(15)22(28)14-34-23(29)16-8-10-25(11-9-16)35(32,33)21-13-18(27(30)31)6-7-19(21)24/h2-7,13,15-16H,8-12,14H2,1H3. The van der Waals surface area contributed by atoms with Crippen LogP contribution in [0.1, 0.15) is 25.3 Å². The molecule has 1 atom stereocenters. The van der Waals surface area contributed by atoms with Crippen molar-refractivity contribution >= 4 is 44.9 Å². The number of carbonyl (C=O) groups excluding carboxylic acids is 2. The molecular formula is C23H24ClN3O7S. The summed E-state index contributed by atoms with van der Waals surface area (Å²) in [5.41, 5.74) is 1.50. The maximum atomic E-state index is 13.0. The van der Waals surface area contributed by atoms with Crippen molar-refractivity contribution < 1.29 is 27.7 Å². The van der Waals surface area contributed by atoms with Crippen LogP contribution in [-0.4, -0.2) is 55.3 Å². The third-order valence-electron chi connectivity index (χ3n) is 6.34. The van der Waals surface area contributed by atoms with Crippen molar-refractivity contribution in [1.82, 2.24) is 4.31 Å². The molecule has 2 aliphatic heterocycles. The Morgan fingerprint density at radius 1 is 1.17 bits per heavy atom. The van der Waals surface area contributed by atoms with Gasteiger partial charge in [-0.05, 0) is 43.9 Å². The summed E-state index contributed by atoms with van der Waals surface area (Å²) in [6, 6.07) is 10.8. The van der Waals surface area contributed by atoms with Gasteiger partial charge in [-0.3, -0.25) is 19.7 Å². The third-order valence-corrected chi connectivity index (χ3v) is 8.72. The van der Waals surface area contributed by atoms with Crippen LogP contribution in [0.4, 0.5) is 11.4 Å². The lowest BCUT2D eigenvalue weighted by Gasteiger charge is -2.30. The molecule has 1 amide bonds. The molecule has 0 saturated carbocycles. The van der Waals surface area contributed by atoms with Gasteiger partial charge in [-0.1, -0.05) is 29.8 Å². The molecular weight excluding hydrogens is 498 g/mol. The second-order valence-electron chi connectivity index (χ2n) is 8.60. The lowest BCUT2D eigenvalue weighted by molar-refractivity contribution is -0.385. The first-order valence-electron chi connectivity index (χ1n) is 11.1. The summed E-state index contributed by atoms with van der Waals surface area (Å²) in [4.78, 5) is 37.0. The number of non-ortho nitro benzene ring substituents is 1. The number of amides is 1. The Labute approximate surface area is 207 Å². The van der Waals surface area contributed by atoms with Crippen LogP contribution < -0.4 is 4.90 Å². The number of carbonyl (C=O) groups is 2. The van der Waals surface area contributed by atoms with Crippen LogP contribution in [0.25, 0.3) is 0 Å². The number of ether oxygens (including phenoxy) is 1. The van der Waals surface area contributed by atoms with Gasteiger partial charge in [0.05, 0.1) is 15.9 Å². The van der Waals surface area contributed by atoms with Crippen LogP contribution in [0.15, 0.2) is 47.4 Å². The molecule has 0 aromatic heterocycles. The van der Waals surface area contributed by atoms with Crippen molar-refractivity contribution in [3.8, 4) is 0 Å². The molecule has 0 radical (unpaired) electrons. The number of esters is 1. The summed E-state index contributed by atoms with van der Waals surface area (Å²) in [6.07, 6.45) is 1.13. The van der Waals surface area contributed by atoms with Gasteiger partial charge in [-0.15, -0.1) is 0 Å². The van der Waals surface area contributed by atoms with Crippen LogP contribution in [0, 0.1) is 16.0 Å². The molecule has 2 aromatic carbocycles. The maximum absolute atomic E-state index is 13.0. The van der Waals surface area contributed by atoms with E-state index in [-0.39, 0.29) is 60.1 Å². The molecule has 186 valence electrons. The molecule has 10 nitrogen and oxygen atoms in total. The molecule has 12 heteroatoms. The van der Waals surface area contributed by atoms with Crippen molar-refractivity contribution in [2.24, 2.45) is 5.92 Å². The van der Waals surface area contributed by atoms with E-state index in [1.165, 1.54) is 6.07 Å². The zero-order chi connectivity index (χ0) is 25.3. The molecule has 1 fully saturated rings. The molecule has 0 spiro atoms. The van der Waals surface area contributed by atoms with Gasteiger partial charge in [0.2, 0.25) is 10.0 Å². The summed E-state index contributed by atoms with van der Waals surface area (Å²) < 4.78 is 32.5. The average molecular weight is 522 g/mol. The molecule has 0 N–H and O–H groups in total. The Hall–Kier alpha value is -3.02. The minimum atomic E-state index is -4.09. The van der Waals surface area contributed by atoms with E-state index < -0.39 is 26.8 Å². The van der Waals surface area contributed by atoms with Gasteiger partial charge in [0, 0.05) is 37.0 Å². The van der Waals surface area contributed by atoms with Crippen LogP contribution in [0.3, 0.4) is 0 Å². The van der Waals surface area contributed by atoms with Gasteiger partial charge in [0.15, 0.2) is 6.61 Å². The Morgan fingerprint density at radius 2 is 1.86 bits per heavy atom. The fourth-order valence-electron chi connectivity index (χ4n) is 4.54. The number of hydrogen-bond acceptors (Lipinski definition) is 7. The average Bonchev–Trinajstić information content (AvgIpc) is 3.18. The van der Waals surface area contributed by atoms with Gasteiger partial charge in [-0.2, -0.15) is 4.31 Å². The van der Waals surface area contributed by atoms with Crippen molar-refractivity contribution in [2.45, 2.75) is 37.1 Å². The number of piperidine rings is 1. The predicted molar refractivity (Wildman–Crippen MR) is 128 cm³/mol. The summed E-state index contributed by atoms with van der Waals surface area (Å²) in [7, 11) is -4.09. The number of halogens is 1. The fraction of sp³-hybridized carbons (Fsp3) is 0.391. The smallest absolute Gasteiger partial charge is 0.309 e. The van der Waals surface area contributed by atoms with E-state index in [0.717, 1.165) is 34.1 Å². The molecule has 1 unspecified atom stereocenters. The second-order valence-corrected chi connectivity index (χ2v) is 10.9. The summed E-state index contributed by atoms with van der Waals surface area (Å²) in [6.45, 7) is 1.58. The van der Waals surface area contributed by atoms with Gasteiger partial charge < -0.3 is 9.64 Å². The highest BCUT2D eigenvalue weighted by Crippen LogP contribution is 2.33. The maximum Gasteiger partial charge on any atom is 0.309 e. The van der Waals surface area contributed by atoms with E-state index in [1.807, 2.05) is 31.2 Å². The number of sulfonamides is 1. The lowest BCUT2D eigenvalue weighted by Crippen LogP contribution is -2.42. The molecule has 0 bridgehead atoms. The molecule has 2 heterocycles. The minimum Gasteiger partial charge on any atom is -0.455 e. The van der Waals surface area contributed by atoms with Gasteiger partial charge in [0.25, 0.3) is 11.6 Å². The zero-order valence-corrected chi connectivity index (χ0v) is 20.5. The monoisotopic (exact) mass is 521 g/mol. The van der Waals surface area contributed by atoms with Gasteiger partial charge in [0.1, 0.15) is 4.90 Å². The van der Waals surface area contributed by atoms with E-state index >= 15 is 0 Å². The zero-order valence-electron chi connectivity index (χ0n) is 18.9. The van der Waals surface area contributed by atoms with E-state index in [2.05, 4.69) is 0 Å². The topological polar surface area (TPSA) is 127 Å². The Balaban J connectivity index is 1.34. The van der Waals surface area contributed by atoms with Gasteiger partial charge >= 0.3 is 5.97 Å². The third kappa shape index (κ3) is 5.02. The Bertz CT molecular complexity index is 1280. The molecule has 2 aliphatic rings. The summed E-state index contributed by atoms with van der Waals surface area (Å²) in [5.74, 6) is -1.42. The number of nitrogens with zero attached hydrogens (tertiary/aromatic N) is 3. The second kappa shape index (κ2) is 9.92. The van der Waals surface area contributed by atoms with Crippen LogP contribution in [0.5, 0.6) is 0 Å². The number of nitro benzene ring substituents is 1. The summed E-state index contributed by atoms with van der Waals surface area (Å²) >= 11 is 6.01. The molecule has 2 aromatic rings. The normalized spacial score (nSPS) is 18.8. The number of rotatable bonds is 6. The van der Waals surface area contributed by atoms with Crippen LogP contribution in [0.2, 0.25) is 5.02 Å². The number of para-hydroxylation sites is 1. The van der Waals surface area contributed by atoms with E-state index in [1.54, 1.807) is 4.90 Å². The number of nitro groups is 1. The van der Waals surface area contributed by atoms with Crippen molar-refractivity contribution in [3.63, 3.8) is 0 Å². The molecule has 1 saturated heterocycles. The van der Waals surface area contributed by atoms with Crippen molar-refractivity contribution in [1.29, 1.82) is 0 Å². The largest absolute Gasteiger partial charge is 0.455 e. The van der Waals surface area contributed by atoms with E-state index in [0.29, 0.717) is 0 Å². The molecule has 4 rings (SSSR count). The van der Waals surface area contributed by atoms with E-state index in [9.17, 15) is 28.1 Å². The number of hydrogen-bond donors (Lipinski definition) is 0. The highest BCUT2D eigenvalue weighted by Gasteiger charge is 2.36. The first kappa shape index (κ1) is 25.1. The number of benzene rings is 2. The van der Waals surface area contributed by atoms with Crippen LogP contribution >= 0.6 is 11.6 Å².